The predicted molar refractivity (Wildman–Crippen MR) is 127 cm³/mol. The molecule has 0 bridgehead atoms. The largest absolute Gasteiger partial charge is 0.462 e. The Morgan fingerprint density at radius 2 is 1.88 bits per heavy atom. The van der Waals surface area contributed by atoms with Crippen LogP contribution in [-0.4, -0.2) is 21.9 Å². The summed E-state index contributed by atoms with van der Waals surface area (Å²) in [6, 6.07) is 8.43. The van der Waals surface area contributed by atoms with Gasteiger partial charge in [0.2, 0.25) is 0 Å². The van der Waals surface area contributed by atoms with Gasteiger partial charge in [-0.15, -0.1) is 0 Å². The van der Waals surface area contributed by atoms with Gasteiger partial charge in [0, 0.05) is 36.0 Å². The first kappa shape index (κ1) is 20.3. The topological polar surface area (TPSA) is 44.1 Å². The lowest BCUT2D eigenvalue weighted by Crippen LogP contribution is -2.50. The second kappa shape index (κ2) is 7.07. The van der Waals surface area contributed by atoms with Gasteiger partial charge in [0.05, 0.1) is 5.52 Å². The molecule has 4 heteroatoms. The lowest BCUT2D eigenvalue weighted by atomic mass is 9.48. The molecule has 32 heavy (non-hydrogen) atoms. The molecule has 0 radical (unpaired) electrons. The second-order valence-electron chi connectivity index (χ2n) is 11.1. The molecule has 168 valence electrons. The van der Waals surface area contributed by atoms with Crippen LogP contribution in [0.5, 0.6) is 0 Å². The van der Waals surface area contributed by atoms with Crippen molar-refractivity contribution >= 4 is 22.6 Å². The van der Waals surface area contributed by atoms with E-state index in [9.17, 15) is 4.79 Å². The van der Waals surface area contributed by atoms with Crippen LogP contribution in [0.15, 0.2) is 48.2 Å². The number of aromatic nitrogens is 2. The lowest BCUT2D eigenvalue weighted by Gasteiger charge is -2.57. The van der Waals surface area contributed by atoms with Crippen LogP contribution < -0.4 is 0 Å². The molecule has 1 aromatic carbocycles. The normalized spacial score (nSPS) is 38.3. The Morgan fingerprint density at radius 1 is 1.06 bits per heavy atom. The van der Waals surface area contributed by atoms with E-state index in [-0.39, 0.29) is 22.9 Å². The first-order valence-electron chi connectivity index (χ1n) is 12.4. The molecule has 0 aliphatic heterocycles. The molecule has 0 N–H and O–H groups in total. The fraction of sp³-hybridized carbons (Fsp3) is 0.571. The van der Waals surface area contributed by atoms with E-state index in [4.69, 9.17) is 9.84 Å². The number of carbonyl (C=O) groups excluding carboxylic acids is 1. The van der Waals surface area contributed by atoms with Gasteiger partial charge in [0.1, 0.15) is 6.10 Å². The van der Waals surface area contributed by atoms with Crippen LogP contribution in [0.25, 0.3) is 16.6 Å². The van der Waals surface area contributed by atoms with Crippen molar-refractivity contribution in [2.45, 2.75) is 71.8 Å². The van der Waals surface area contributed by atoms with Crippen molar-refractivity contribution in [3.8, 4) is 0 Å². The quantitative estimate of drug-likeness (QED) is 0.410. The van der Waals surface area contributed by atoms with Crippen LogP contribution in [0.4, 0.5) is 0 Å². The predicted octanol–water partition coefficient (Wildman–Crippen LogP) is 6.38. The Balaban J connectivity index is 1.28. The zero-order valence-corrected chi connectivity index (χ0v) is 19.5. The first-order valence-corrected chi connectivity index (χ1v) is 12.4. The Bertz CT molecular complexity index is 1110. The summed E-state index contributed by atoms with van der Waals surface area (Å²) in [5.41, 5.74) is 4.51. The van der Waals surface area contributed by atoms with Crippen molar-refractivity contribution in [2.24, 2.45) is 28.6 Å². The molecule has 0 amide bonds. The van der Waals surface area contributed by atoms with Gasteiger partial charge in [0.25, 0.3) is 0 Å². The molecule has 1 heterocycles. The van der Waals surface area contributed by atoms with E-state index < -0.39 is 0 Å². The molecule has 0 spiro atoms. The van der Waals surface area contributed by atoms with E-state index in [0.29, 0.717) is 5.92 Å². The van der Waals surface area contributed by atoms with Gasteiger partial charge < -0.3 is 4.74 Å². The van der Waals surface area contributed by atoms with E-state index in [2.05, 4.69) is 61.1 Å². The minimum absolute atomic E-state index is 0.0749. The Morgan fingerprint density at radius 3 is 2.69 bits per heavy atom. The average Bonchev–Trinajstić information content (AvgIpc) is 3.34. The Kier molecular flexibility index (Phi) is 4.48. The van der Waals surface area contributed by atoms with Crippen molar-refractivity contribution in [1.82, 2.24) is 9.78 Å². The van der Waals surface area contributed by atoms with Crippen LogP contribution in [0.2, 0.25) is 0 Å². The Hall–Kier alpha value is -2.36. The van der Waals surface area contributed by atoms with Gasteiger partial charge in [-0.05, 0) is 67.8 Å². The van der Waals surface area contributed by atoms with Gasteiger partial charge in [-0.1, -0.05) is 49.8 Å². The molecular weight excluding hydrogens is 396 g/mol. The smallest absolute Gasteiger partial charge is 0.302 e. The minimum atomic E-state index is -0.142. The number of benzene rings is 1. The molecule has 4 aliphatic rings. The standard InChI is InChI=1S/C28H34N2O2/c1-18(31)32-21-12-14-27(2)20(16-21)8-9-22-23-10-11-26(28(23,3)15-13-24(22)27)30-17-19-6-4-5-7-25(19)29-30/h4-8,11,17,21-24H,9-10,12-16H2,1-3H3/t21-,22-,23-,24-,27-,28-/m0/s1. The highest BCUT2D eigenvalue weighted by Gasteiger charge is 2.57. The van der Waals surface area contributed by atoms with Gasteiger partial charge in [0.15, 0.2) is 0 Å². The van der Waals surface area contributed by atoms with Crippen LogP contribution in [-0.2, 0) is 9.53 Å². The molecule has 2 aromatic rings. The van der Waals surface area contributed by atoms with E-state index >= 15 is 0 Å². The van der Waals surface area contributed by atoms with Crippen molar-refractivity contribution in [1.29, 1.82) is 0 Å². The lowest BCUT2D eigenvalue weighted by molar-refractivity contribution is -0.148. The van der Waals surface area contributed by atoms with Crippen molar-refractivity contribution in [3.63, 3.8) is 0 Å². The van der Waals surface area contributed by atoms with Crippen LogP contribution >= 0.6 is 0 Å². The van der Waals surface area contributed by atoms with Crippen LogP contribution in [0.3, 0.4) is 0 Å². The fourth-order valence-electron chi connectivity index (χ4n) is 7.95. The van der Waals surface area contributed by atoms with Crippen molar-refractivity contribution in [3.05, 3.63) is 48.2 Å². The van der Waals surface area contributed by atoms with E-state index in [1.54, 1.807) is 5.57 Å². The van der Waals surface area contributed by atoms with Crippen LogP contribution in [0, 0.1) is 28.6 Å². The third-order valence-corrected chi connectivity index (χ3v) is 9.59. The molecule has 0 saturated heterocycles. The number of esters is 1. The SMILES string of the molecule is CC(=O)O[C@H]1CC[C@@]2(C)C(=CC[C@@H]3[C@@H]2CC[C@]2(C)C(n4cc5ccccc5n4)=CC[C@@H]32)C1. The van der Waals surface area contributed by atoms with Crippen LogP contribution in [0.1, 0.15) is 65.7 Å². The maximum atomic E-state index is 11.5. The summed E-state index contributed by atoms with van der Waals surface area (Å²) >= 11 is 0. The monoisotopic (exact) mass is 430 g/mol. The summed E-state index contributed by atoms with van der Waals surface area (Å²) in [7, 11) is 0. The maximum absolute atomic E-state index is 11.5. The minimum Gasteiger partial charge on any atom is -0.462 e. The highest BCUT2D eigenvalue weighted by Crippen LogP contribution is 2.65. The third-order valence-electron chi connectivity index (χ3n) is 9.59. The molecule has 2 fully saturated rings. The maximum Gasteiger partial charge on any atom is 0.302 e. The number of rotatable bonds is 2. The molecule has 4 aliphatic carbocycles. The summed E-state index contributed by atoms with van der Waals surface area (Å²) in [5.74, 6) is 2.01. The number of hydrogen-bond acceptors (Lipinski definition) is 3. The van der Waals surface area contributed by atoms with E-state index in [1.165, 1.54) is 43.7 Å². The van der Waals surface area contributed by atoms with E-state index in [1.807, 2.05) is 0 Å². The van der Waals surface area contributed by atoms with Gasteiger partial charge in [-0.25, -0.2) is 4.68 Å². The zero-order valence-electron chi connectivity index (χ0n) is 19.5. The number of fused-ring (bicyclic) bond motifs is 6. The summed E-state index contributed by atoms with van der Waals surface area (Å²) in [6.07, 6.45) is 15.2. The average molecular weight is 431 g/mol. The van der Waals surface area contributed by atoms with Crippen molar-refractivity contribution in [2.75, 3.05) is 0 Å². The van der Waals surface area contributed by atoms with Gasteiger partial charge in [-0.3, -0.25) is 4.79 Å². The number of nitrogens with zero attached hydrogens (tertiary/aromatic N) is 2. The number of allylic oxidation sites excluding steroid dienone is 3. The van der Waals surface area contributed by atoms with Crippen molar-refractivity contribution < 1.29 is 9.53 Å². The van der Waals surface area contributed by atoms with E-state index in [0.717, 1.165) is 36.6 Å². The number of hydrogen-bond donors (Lipinski definition) is 0. The summed E-state index contributed by atoms with van der Waals surface area (Å²) in [6.45, 7) is 6.54. The second-order valence-corrected chi connectivity index (χ2v) is 11.1. The number of ether oxygens (including phenoxy) is 1. The summed E-state index contributed by atoms with van der Waals surface area (Å²) in [4.78, 5) is 11.5. The highest BCUT2D eigenvalue weighted by molar-refractivity contribution is 5.79. The van der Waals surface area contributed by atoms with Gasteiger partial charge in [-0.2, -0.15) is 5.10 Å². The molecule has 6 rings (SSSR count). The molecule has 0 unspecified atom stereocenters. The molecule has 4 nitrogen and oxygen atoms in total. The summed E-state index contributed by atoms with van der Waals surface area (Å²) in [5, 5.41) is 6.16. The third kappa shape index (κ3) is 2.87. The van der Waals surface area contributed by atoms with Gasteiger partial charge >= 0.3 is 5.97 Å². The highest BCUT2D eigenvalue weighted by atomic mass is 16.5. The zero-order chi connectivity index (χ0) is 22.1. The molecular formula is C28H34N2O2. The number of carbonyl (C=O) groups is 1. The Labute approximate surface area is 190 Å². The molecule has 2 saturated carbocycles. The molecule has 1 aromatic heterocycles. The molecule has 6 atom stereocenters. The first-order chi connectivity index (χ1) is 15.4. The summed E-state index contributed by atoms with van der Waals surface area (Å²) < 4.78 is 7.78. The fourth-order valence-corrected chi connectivity index (χ4v) is 7.95.